The molecule has 1 aromatic rings. The summed E-state index contributed by atoms with van der Waals surface area (Å²) in [7, 11) is 0. The van der Waals surface area contributed by atoms with Crippen molar-refractivity contribution in [2.75, 3.05) is 24.5 Å². The minimum absolute atomic E-state index is 0.235. The topological polar surface area (TPSA) is 43.8 Å². The second-order valence-corrected chi connectivity index (χ2v) is 8.45. The maximum Gasteiger partial charge on any atom is 0.230 e. The highest BCUT2D eigenvalue weighted by Crippen LogP contribution is 2.39. The summed E-state index contributed by atoms with van der Waals surface area (Å²) in [6, 6.07) is 6.43. The summed E-state index contributed by atoms with van der Waals surface area (Å²) in [6.45, 7) is 7.31. The maximum absolute atomic E-state index is 12.6. The van der Waals surface area contributed by atoms with Crippen molar-refractivity contribution in [3.63, 3.8) is 0 Å². The van der Waals surface area contributed by atoms with Crippen molar-refractivity contribution >= 4 is 11.6 Å². The third kappa shape index (κ3) is 3.47. The number of piperidine rings is 1. The van der Waals surface area contributed by atoms with Crippen LogP contribution in [0.3, 0.4) is 0 Å². The Kier molecular flexibility index (Phi) is 4.59. The van der Waals surface area contributed by atoms with E-state index < -0.39 is 6.10 Å². The molecule has 1 saturated heterocycles. The normalized spacial score (nSPS) is 28.0. The zero-order valence-electron chi connectivity index (χ0n) is 15.4. The van der Waals surface area contributed by atoms with E-state index in [1.807, 2.05) is 11.0 Å². The van der Waals surface area contributed by atoms with Gasteiger partial charge in [-0.05, 0) is 68.7 Å². The molecule has 1 aromatic carbocycles. The number of fused-ring (bicyclic) bond motifs is 1. The fraction of sp³-hybridized carbons (Fsp3) is 0.667. The molecule has 0 aromatic heterocycles. The zero-order chi connectivity index (χ0) is 17.6. The predicted octanol–water partition coefficient (Wildman–Crippen LogP) is 3.14. The number of carbonyl (C=O) groups excluding carboxylic acids is 1. The quantitative estimate of drug-likeness (QED) is 0.914. The van der Waals surface area contributed by atoms with Gasteiger partial charge in [-0.1, -0.05) is 19.1 Å². The van der Waals surface area contributed by atoms with Crippen LogP contribution in [0.15, 0.2) is 18.2 Å². The summed E-state index contributed by atoms with van der Waals surface area (Å²) in [6.07, 6.45) is 5.07. The van der Waals surface area contributed by atoms with E-state index in [1.165, 1.54) is 18.4 Å². The van der Waals surface area contributed by atoms with Gasteiger partial charge in [0.15, 0.2) is 0 Å². The smallest absolute Gasteiger partial charge is 0.230 e. The standard InChI is InChI=1S/C21H30N2O2/c1-14-4-3-9-22(12-14)13-20(24)17-7-8-19-18(11-17)10-15(2)23(19)21(25)16-5-6-16/h7-8,11,14-16,20,24H,3-6,9-10,12-13H2,1-2H3. The molecule has 1 aliphatic carbocycles. The highest BCUT2D eigenvalue weighted by molar-refractivity contribution is 5.98. The van der Waals surface area contributed by atoms with Gasteiger partial charge in [0.1, 0.15) is 0 Å². The van der Waals surface area contributed by atoms with Crippen LogP contribution in [0.5, 0.6) is 0 Å². The molecule has 1 amide bonds. The predicted molar refractivity (Wildman–Crippen MR) is 99.6 cm³/mol. The van der Waals surface area contributed by atoms with E-state index in [0.29, 0.717) is 12.5 Å². The Hall–Kier alpha value is -1.39. The van der Waals surface area contributed by atoms with Gasteiger partial charge in [0.05, 0.1) is 6.10 Å². The molecule has 1 saturated carbocycles. The summed E-state index contributed by atoms with van der Waals surface area (Å²) >= 11 is 0. The minimum atomic E-state index is -0.445. The molecule has 0 bridgehead atoms. The lowest BCUT2D eigenvalue weighted by Gasteiger charge is -2.32. The Balaban J connectivity index is 1.47. The van der Waals surface area contributed by atoms with Crippen LogP contribution in [-0.4, -0.2) is 41.6 Å². The van der Waals surface area contributed by atoms with E-state index in [-0.39, 0.29) is 12.0 Å². The van der Waals surface area contributed by atoms with Crippen molar-refractivity contribution in [1.82, 2.24) is 4.90 Å². The van der Waals surface area contributed by atoms with Crippen LogP contribution in [0.2, 0.25) is 0 Å². The maximum atomic E-state index is 12.6. The van der Waals surface area contributed by atoms with Gasteiger partial charge in [0.25, 0.3) is 0 Å². The number of rotatable bonds is 4. The van der Waals surface area contributed by atoms with Gasteiger partial charge >= 0.3 is 0 Å². The molecular formula is C21H30N2O2. The van der Waals surface area contributed by atoms with Crippen molar-refractivity contribution in [2.45, 2.75) is 58.1 Å². The molecular weight excluding hydrogens is 312 g/mol. The first kappa shape index (κ1) is 17.0. The first-order valence-electron chi connectivity index (χ1n) is 9.89. The average Bonchev–Trinajstić information content (AvgIpc) is 3.36. The molecule has 3 unspecified atom stereocenters. The third-order valence-corrected chi connectivity index (χ3v) is 6.04. The highest BCUT2D eigenvalue weighted by Gasteiger charge is 2.39. The van der Waals surface area contributed by atoms with Crippen molar-refractivity contribution in [1.29, 1.82) is 0 Å². The highest BCUT2D eigenvalue weighted by atomic mass is 16.3. The van der Waals surface area contributed by atoms with Crippen molar-refractivity contribution in [3.05, 3.63) is 29.3 Å². The summed E-state index contributed by atoms with van der Waals surface area (Å²) in [5, 5.41) is 10.7. The van der Waals surface area contributed by atoms with Crippen LogP contribution in [0.25, 0.3) is 0 Å². The van der Waals surface area contributed by atoms with Gasteiger partial charge in [-0.3, -0.25) is 4.79 Å². The van der Waals surface area contributed by atoms with Crippen LogP contribution in [-0.2, 0) is 11.2 Å². The Morgan fingerprint density at radius 2 is 2.08 bits per heavy atom. The Bertz CT molecular complexity index is 655. The van der Waals surface area contributed by atoms with Crippen LogP contribution in [0, 0.1) is 11.8 Å². The van der Waals surface area contributed by atoms with E-state index in [2.05, 4.69) is 30.9 Å². The van der Waals surface area contributed by atoms with E-state index in [4.69, 9.17) is 0 Å². The van der Waals surface area contributed by atoms with E-state index in [1.54, 1.807) is 0 Å². The van der Waals surface area contributed by atoms with E-state index in [9.17, 15) is 9.90 Å². The number of benzene rings is 1. The minimum Gasteiger partial charge on any atom is -0.387 e. The molecule has 4 rings (SSSR count). The number of aliphatic hydroxyl groups is 1. The van der Waals surface area contributed by atoms with Gasteiger partial charge in [-0.2, -0.15) is 0 Å². The van der Waals surface area contributed by atoms with E-state index in [0.717, 1.165) is 49.5 Å². The molecule has 2 heterocycles. The molecule has 25 heavy (non-hydrogen) atoms. The molecule has 136 valence electrons. The molecule has 3 aliphatic rings. The number of hydrogen-bond donors (Lipinski definition) is 1. The number of anilines is 1. The van der Waals surface area contributed by atoms with E-state index >= 15 is 0 Å². The second-order valence-electron chi connectivity index (χ2n) is 8.45. The van der Waals surface area contributed by atoms with Crippen LogP contribution in [0.4, 0.5) is 5.69 Å². The lowest BCUT2D eigenvalue weighted by molar-refractivity contribution is -0.120. The molecule has 3 atom stereocenters. The van der Waals surface area contributed by atoms with Crippen LogP contribution in [0.1, 0.15) is 56.8 Å². The number of nitrogens with zero attached hydrogens (tertiary/aromatic N) is 2. The SMILES string of the molecule is CC1CCCN(CC(O)c2ccc3c(c2)CC(C)N3C(=O)C2CC2)C1. The molecule has 0 radical (unpaired) electrons. The van der Waals surface area contributed by atoms with Crippen molar-refractivity contribution < 1.29 is 9.90 Å². The first-order chi connectivity index (χ1) is 12.0. The van der Waals surface area contributed by atoms with Gasteiger partial charge in [-0.25, -0.2) is 0 Å². The van der Waals surface area contributed by atoms with Crippen molar-refractivity contribution in [3.8, 4) is 0 Å². The summed E-state index contributed by atoms with van der Waals surface area (Å²) in [5.74, 6) is 1.27. The van der Waals surface area contributed by atoms with Gasteiger partial charge < -0.3 is 14.9 Å². The van der Waals surface area contributed by atoms with Crippen LogP contribution < -0.4 is 4.90 Å². The molecule has 4 nitrogen and oxygen atoms in total. The monoisotopic (exact) mass is 342 g/mol. The fourth-order valence-corrected chi connectivity index (χ4v) is 4.52. The lowest BCUT2D eigenvalue weighted by Crippen LogP contribution is -2.37. The number of likely N-dealkylation sites (tertiary alicyclic amines) is 1. The molecule has 4 heteroatoms. The zero-order valence-corrected chi connectivity index (χ0v) is 15.4. The van der Waals surface area contributed by atoms with Gasteiger partial charge in [0, 0.05) is 30.7 Å². The Morgan fingerprint density at radius 3 is 2.80 bits per heavy atom. The molecule has 2 fully saturated rings. The number of β-amino-alcohol motifs (C(OH)–C–C–N with tert-alkyl or cyclic N) is 1. The number of carbonyl (C=O) groups is 1. The lowest BCUT2D eigenvalue weighted by atomic mass is 9.98. The summed E-state index contributed by atoms with van der Waals surface area (Å²) in [5.41, 5.74) is 3.27. The number of hydrogen-bond acceptors (Lipinski definition) is 3. The summed E-state index contributed by atoms with van der Waals surface area (Å²) in [4.78, 5) is 16.9. The molecule has 2 aliphatic heterocycles. The summed E-state index contributed by atoms with van der Waals surface area (Å²) < 4.78 is 0. The third-order valence-electron chi connectivity index (χ3n) is 6.04. The molecule has 0 spiro atoms. The average molecular weight is 342 g/mol. The molecule has 1 N–H and O–H groups in total. The number of aliphatic hydroxyl groups excluding tert-OH is 1. The van der Waals surface area contributed by atoms with Gasteiger partial charge in [0.2, 0.25) is 5.91 Å². The second kappa shape index (κ2) is 6.73. The largest absolute Gasteiger partial charge is 0.387 e. The van der Waals surface area contributed by atoms with Gasteiger partial charge in [-0.15, -0.1) is 0 Å². The Morgan fingerprint density at radius 1 is 1.28 bits per heavy atom. The fourth-order valence-electron chi connectivity index (χ4n) is 4.52. The van der Waals surface area contributed by atoms with Crippen LogP contribution >= 0.6 is 0 Å². The Labute approximate surface area is 150 Å². The number of amides is 1. The first-order valence-corrected chi connectivity index (χ1v) is 9.89. The van der Waals surface area contributed by atoms with Crippen molar-refractivity contribution in [2.24, 2.45) is 11.8 Å².